The van der Waals surface area contributed by atoms with Crippen molar-refractivity contribution in [2.45, 2.75) is 38.5 Å². The molecule has 264 valence electrons. The van der Waals surface area contributed by atoms with Crippen molar-refractivity contribution in [1.29, 1.82) is 0 Å². The van der Waals surface area contributed by atoms with E-state index in [1.807, 2.05) is 0 Å². The summed E-state index contributed by atoms with van der Waals surface area (Å²) in [6.07, 6.45) is 0. The lowest BCUT2D eigenvalue weighted by atomic mass is 9.82. The molecule has 55 heavy (non-hydrogen) atoms. The van der Waals surface area contributed by atoms with E-state index in [1.165, 1.54) is 77.9 Å². The van der Waals surface area contributed by atoms with Gasteiger partial charge in [-0.15, -0.1) is 0 Å². The van der Waals surface area contributed by atoms with E-state index in [-0.39, 0.29) is 10.8 Å². The summed E-state index contributed by atoms with van der Waals surface area (Å²) in [5.74, 6) is 0. The Morgan fingerprint density at radius 1 is 0.309 bits per heavy atom. The lowest BCUT2D eigenvalue weighted by molar-refractivity contribution is 0.660. The minimum absolute atomic E-state index is 0.0616. The number of anilines is 3. The highest BCUT2D eigenvalue weighted by Gasteiger charge is 2.38. The molecule has 0 saturated carbocycles. The van der Waals surface area contributed by atoms with Crippen LogP contribution in [0.3, 0.4) is 0 Å². The summed E-state index contributed by atoms with van der Waals surface area (Å²) in [4.78, 5) is 2.47. The van der Waals surface area contributed by atoms with Crippen molar-refractivity contribution in [1.82, 2.24) is 0 Å². The van der Waals surface area contributed by atoms with Crippen LogP contribution in [0.1, 0.15) is 49.9 Å². The Bertz CT molecular complexity index is 2750. The van der Waals surface area contributed by atoms with Gasteiger partial charge < -0.3 is 4.90 Å². The van der Waals surface area contributed by atoms with E-state index < -0.39 is 0 Å². The van der Waals surface area contributed by atoms with Gasteiger partial charge in [0.05, 0.1) is 5.69 Å². The molecule has 0 saturated heterocycles. The van der Waals surface area contributed by atoms with Gasteiger partial charge in [0.1, 0.15) is 0 Å². The van der Waals surface area contributed by atoms with Gasteiger partial charge in [0, 0.05) is 27.8 Å². The highest BCUT2D eigenvalue weighted by atomic mass is 15.1. The fourth-order valence-corrected chi connectivity index (χ4v) is 9.46. The van der Waals surface area contributed by atoms with Crippen molar-refractivity contribution in [2.75, 3.05) is 4.90 Å². The molecule has 8 aromatic rings. The molecule has 10 rings (SSSR count). The molecule has 2 aliphatic carbocycles. The molecule has 0 radical (unpaired) electrons. The maximum Gasteiger partial charge on any atom is 0.0540 e. The van der Waals surface area contributed by atoms with Gasteiger partial charge in [-0.3, -0.25) is 0 Å². The van der Waals surface area contributed by atoms with Crippen LogP contribution in [0.25, 0.3) is 55.6 Å². The number of hydrogen-bond acceptors (Lipinski definition) is 1. The average molecular weight is 706 g/mol. The van der Waals surface area contributed by atoms with E-state index in [4.69, 9.17) is 0 Å². The van der Waals surface area contributed by atoms with Gasteiger partial charge in [-0.05, 0) is 109 Å². The SMILES string of the molecule is CC1(C)c2ccccc2-c2cc(N(c3ccc(-c4cccc(-c5ccccc5)c4)cc3)c3ccccc3-c3cccc4c3-c3ccccc3C4(C)C)ccc21. The first-order valence-corrected chi connectivity index (χ1v) is 19.4. The van der Waals surface area contributed by atoms with Crippen LogP contribution in [0.15, 0.2) is 188 Å². The summed E-state index contributed by atoms with van der Waals surface area (Å²) < 4.78 is 0. The quantitative estimate of drug-likeness (QED) is 0.166. The summed E-state index contributed by atoms with van der Waals surface area (Å²) in [5.41, 5.74) is 21.4. The predicted octanol–water partition coefficient (Wildman–Crippen LogP) is 14.8. The third kappa shape index (κ3) is 5.22. The molecule has 0 unspecified atom stereocenters. The van der Waals surface area contributed by atoms with Gasteiger partial charge in [0.25, 0.3) is 0 Å². The van der Waals surface area contributed by atoms with Crippen LogP contribution in [0, 0.1) is 0 Å². The van der Waals surface area contributed by atoms with Gasteiger partial charge in [-0.2, -0.15) is 0 Å². The monoisotopic (exact) mass is 705 g/mol. The lowest BCUT2D eigenvalue weighted by Crippen LogP contribution is -2.15. The number of hydrogen-bond donors (Lipinski definition) is 0. The number of para-hydroxylation sites is 1. The normalized spacial score (nSPS) is 14.1. The van der Waals surface area contributed by atoms with Crippen LogP contribution >= 0.6 is 0 Å². The molecule has 0 spiro atoms. The number of nitrogens with zero attached hydrogens (tertiary/aromatic N) is 1. The van der Waals surface area contributed by atoms with Gasteiger partial charge >= 0.3 is 0 Å². The molecule has 0 N–H and O–H groups in total. The summed E-state index contributed by atoms with van der Waals surface area (Å²) in [6, 6.07) is 69.5. The first-order valence-electron chi connectivity index (χ1n) is 19.4. The zero-order valence-electron chi connectivity index (χ0n) is 31.8. The molecule has 0 aromatic heterocycles. The maximum atomic E-state index is 2.47. The molecule has 2 aliphatic rings. The summed E-state index contributed by atoms with van der Waals surface area (Å²) in [5, 5.41) is 0. The van der Waals surface area contributed by atoms with E-state index in [1.54, 1.807) is 0 Å². The lowest BCUT2D eigenvalue weighted by Gasteiger charge is -2.30. The second-order valence-corrected chi connectivity index (χ2v) is 16.1. The molecule has 0 atom stereocenters. The van der Waals surface area contributed by atoms with E-state index in [9.17, 15) is 0 Å². The number of fused-ring (bicyclic) bond motifs is 6. The molecule has 0 fully saturated rings. The predicted molar refractivity (Wildman–Crippen MR) is 233 cm³/mol. The van der Waals surface area contributed by atoms with E-state index in [2.05, 4.69) is 221 Å². The van der Waals surface area contributed by atoms with Crippen LogP contribution in [-0.2, 0) is 10.8 Å². The standard InChI is InChI=1S/C54H43N/c1-53(2)47-24-11-8-20-42(47)46-35-41(32-33-49(46)53)55(40-30-28-37(29-31-40)39-19-14-18-38(34-39)36-16-6-5-7-17-36)51-27-13-10-21-43(51)44-23-15-26-50-52(44)45-22-9-12-25-48(45)54(50,3)4/h5-35H,1-4H3. The molecule has 0 bridgehead atoms. The van der Waals surface area contributed by atoms with E-state index in [0.717, 1.165) is 17.1 Å². The van der Waals surface area contributed by atoms with Crippen molar-refractivity contribution < 1.29 is 0 Å². The topological polar surface area (TPSA) is 3.24 Å². The molecular weight excluding hydrogens is 663 g/mol. The highest BCUT2D eigenvalue weighted by molar-refractivity contribution is 5.99. The molecule has 0 heterocycles. The zero-order chi connectivity index (χ0) is 37.3. The van der Waals surface area contributed by atoms with Crippen molar-refractivity contribution in [2.24, 2.45) is 0 Å². The minimum Gasteiger partial charge on any atom is -0.310 e. The second kappa shape index (κ2) is 12.6. The Hall–Kier alpha value is -6.44. The fraction of sp³-hybridized carbons (Fsp3) is 0.111. The number of benzene rings is 8. The van der Waals surface area contributed by atoms with E-state index >= 15 is 0 Å². The van der Waals surface area contributed by atoms with Gasteiger partial charge in [-0.25, -0.2) is 0 Å². The summed E-state index contributed by atoms with van der Waals surface area (Å²) >= 11 is 0. The largest absolute Gasteiger partial charge is 0.310 e. The molecule has 0 amide bonds. The van der Waals surface area contributed by atoms with Crippen molar-refractivity contribution in [3.8, 4) is 55.6 Å². The Balaban J connectivity index is 1.16. The summed E-state index contributed by atoms with van der Waals surface area (Å²) in [6.45, 7) is 9.43. The Labute approximate surface area is 325 Å². The number of rotatable bonds is 6. The van der Waals surface area contributed by atoms with Crippen LogP contribution in [0.2, 0.25) is 0 Å². The maximum absolute atomic E-state index is 2.47. The first-order chi connectivity index (χ1) is 26.8. The van der Waals surface area contributed by atoms with Crippen molar-refractivity contribution in [3.63, 3.8) is 0 Å². The Kier molecular flexibility index (Phi) is 7.58. The summed E-state index contributed by atoms with van der Waals surface area (Å²) in [7, 11) is 0. The molecule has 1 nitrogen and oxygen atoms in total. The Morgan fingerprint density at radius 3 is 1.55 bits per heavy atom. The molecule has 8 aromatic carbocycles. The van der Waals surface area contributed by atoms with Crippen LogP contribution < -0.4 is 4.90 Å². The average Bonchev–Trinajstić information content (AvgIpc) is 3.61. The van der Waals surface area contributed by atoms with Crippen LogP contribution in [-0.4, -0.2) is 0 Å². The van der Waals surface area contributed by atoms with Gasteiger partial charge in [-0.1, -0.05) is 179 Å². The molecular formula is C54H43N. The first kappa shape index (κ1) is 33.2. The molecule has 1 heteroatoms. The van der Waals surface area contributed by atoms with Crippen molar-refractivity contribution >= 4 is 17.1 Å². The minimum atomic E-state index is -0.0790. The van der Waals surface area contributed by atoms with Crippen molar-refractivity contribution in [3.05, 3.63) is 210 Å². The van der Waals surface area contributed by atoms with Gasteiger partial charge in [0.2, 0.25) is 0 Å². The molecule has 0 aliphatic heterocycles. The smallest absolute Gasteiger partial charge is 0.0540 e. The van der Waals surface area contributed by atoms with E-state index in [0.29, 0.717) is 0 Å². The second-order valence-electron chi connectivity index (χ2n) is 16.1. The highest BCUT2D eigenvalue weighted by Crippen LogP contribution is 2.55. The zero-order valence-corrected chi connectivity index (χ0v) is 31.8. The fourth-order valence-electron chi connectivity index (χ4n) is 9.46. The third-order valence-electron chi connectivity index (χ3n) is 12.3. The van der Waals surface area contributed by atoms with Gasteiger partial charge in [0.15, 0.2) is 0 Å². The Morgan fingerprint density at radius 2 is 0.800 bits per heavy atom. The van der Waals surface area contributed by atoms with Crippen LogP contribution in [0.5, 0.6) is 0 Å². The van der Waals surface area contributed by atoms with Crippen LogP contribution in [0.4, 0.5) is 17.1 Å². The third-order valence-corrected chi connectivity index (χ3v) is 12.3.